The zero-order valence-corrected chi connectivity index (χ0v) is 15.4. The van der Waals surface area contributed by atoms with Crippen molar-refractivity contribution in [2.75, 3.05) is 44.3 Å². The van der Waals surface area contributed by atoms with Crippen molar-refractivity contribution in [1.29, 1.82) is 0 Å². The second-order valence-corrected chi connectivity index (χ2v) is 7.22. The van der Waals surface area contributed by atoms with Crippen LogP contribution >= 0.6 is 15.9 Å². The number of benzene rings is 1. The quantitative estimate of drug-likeness (QED) is 0.796. The van der Waals surface area contributed by atoms with E-state index in [1.165, 1.54) is 4.90 Å². The van der Waals surface area contributed by atoms with Gasteiger partial charge in [0.2, 0.25) is 5.91 Å². The third-order valence-electron chi connectivity index (χ3n) is 4.64. The summed E-state index contributed by atoms with van der Waals surface area (Å²) in [6, 6.07) is 7.34. The number of halogens is 3. The fourth-order valence-corrected chi connectivity index (χ4v) is 3.91. The van der Waals surface area contributed by atoms with E-state index in [1.807, 2.05) is 24.3 Å². The lowest BCUT2D eigenvalue weighted by Crippen LogP contribution is -2.56. The highest BCUT2D eigenvalue weighted by Crippen LogP contribution is 2.28. The van der Waals surface area contributed by atoms with Gasteiger partial charge in [0.25, 0.3) is 6.43 Å². The van der Waals surface area contributed by atoms with Gasteiger partial charge in [-0.3, -0.25) is 9.69 Å². The van der Waals surface area contributed by atoms with E-state index in [0.29, 0.717) is 19.7 Å². The zero-order chi connectivity index (χ0) is 17.8. The summed E-state index contributed by atoms with van der Waals surface area (Å²) < 4.78 is 31.8. The lowest BCUT2D eigenvalue weighted by Gasteiger charge is -2.34. The molecule has 0 aliphatic carbocycles. The van der Waals surface area contributed by atoms with Gasteiger partial charge in [0.05, 0.1) is 25.4 Å². The van der Waals surface area contributed by atoms with Crippen LogP contribution in [0.1, 0.15) is 6.42 Å². The molecule has 1 aromatic carbocycles. The van der Waals surface area contributed by atoms with Crippen molar-refractivity contribution in [1.82, 2.24) is 10.2 Å². The summed E-state index contributed by atoms with van der Waals surface area (Å²) in [5.74, 6) is -0.223. The number of amides is 1. The van der Waals surface area contributed by atoms with E-state index in [-0.39, 0.29) is 18.6 Å². The third-order valence-corrected chi connectivity index (χ3v) is 5.31. The topological polar surface area (TPSA) is 44.8 Å². The number of carbonyl (C=O) groups is 1. The van der Waals surface area contributed by atoms with Gasteiger partial charge in [0.15, 0.2) is 0 Å². The highest BCUT2D eigenvalue weighted by atomic mass is 79.9. The fourth-order valence-electron chi connectivity index (χ4n) is 3.38. The van der Waals surface area contributed by atoms with E-state index in [2.05, 4.69) is 26.1 Å². The van der Waals surface area contributed by atoms with Crippen LogP contribution in [0.5, 0.6) is 0 Å². The van der Waals surface area contributed by atoms with E-state index in [0.717, 1.165) is 23.1 Å². The lowest BCUT2D eigenvalue weighted by atomic mass is 10.2. The Bertz CT molecular complexity index is 605. The number of hydrogen-bond acceptors (Lipinski definition) is 4. The number of rotatable bonds is 5. The number of anilines is 1. The van der Waals surface area contributed by atoms with Crippen molar-refractivity contribution in [3.63, 3.8) is 0 Å². The fraction of sp³-hybridized carbons (Fsp3) is 0.588. The molecule has 0 saturated carbocycles. The molecule has 5 nitrogen and oxygen atoms in total. The van der Waals surface area contributed by atoms with Crippen LogP contribution in [-0.2, 0) is 9.53 Å². The van der Waals surface area contributed by atoms with Crippen LogP contribution < -0.4 is 10.2 Å². The Labute approximate surface area is 154 Å². The van der Waals surface area contributed by atoms with Gasteiger partial charge >= 0.3 is 0 Å². The summed E-state index contributed by atoms with van der Waals surface area (Å²) in [7, 11) is 0. The smallest absolute Gasteiger partial charge is 0.251 e. The molecule has 2 heterocycles. The molecule has 1 N–H and O–H groups in total. The van der Waals surface area contributed by atoms with Crippen molar-refractivity contribution in [3.8, 4) is 0 Å². The van der Waals surface area contributed by atoms with Crippen LogP contribution in [0.25, 0.3) is 0 Å². The first-order valence-corrected chi connectivity index (χ1v) is 9.23. The van der Waals surface area contributed by atoms with E-state index in [9.17, 15) is 13.6 Å². The number of nitrogens with one attached hydrogen (secondary N) is 1. The molecular weight excluding hydrogens is 396 g/mol. The number of carbonyl (C=O) groups excluding carboxylic acids is 1. The van der Waals surface area contributed by atoms with Crippen molar-refractivity contribution >= 4 is 27.5 Å². The van der Waals surface area contributed by atoms with E-state index >= 15 is 0 Å². The molecule has 2 fully saturated rings. The molecule has 25 heavy (non-hydrogen) atoms. The average molecular weight is 418 g/mol. The van der Waals surface area contributed by atoms with Gasteiger partial charge in [0.1, 0.15) is 6.04 Å². The summed E-state index contributed by atoms with van der Waals surface area (Å²) in [6.07, 6.45) is -1.62. The molecule has 2 saturated heterocycles. The van der Waals surface area contributed by atoms with Crippen LogP contribution in [0, 0.1) is 0 Å². The summed E-state index contributed by atoms with van der Waals surface area (Å²) in [5.41, 5.74) is 1.10. The van der Waals surface area contributed by atoms with Crippen LogP contribution in [0.3, 0.4) is 0 Å². The molecule has 1 amide bonds. The number of hydrogen-bond donors (Lipinski definition) is 1. The minimum Gasteiger partial charge on any atom is -0.378 e. The maximum absolute atomic E-state index is 12.7. The number of alkyl halides is 2. The van der Waals surface area contributed by atoms with Crippen LogP contribution in [-0.4, -0.2) is 68.7 Å². The van der Waals surface area contributed by atoms with Crippen LogP contribution in [0.2, 0.25) is 0 Å². The Morgan fingerprint density at radius 1 is 1.36 bits per heavy atom. The highest BCUT2D eigenvalue weighted by molar-refractivity contribution is 9.10. The monoisotopic (exact) mass is 417 g/mol. The Morgan fingerprint density at radius 2 is 2.16 bits per heavy atom. The second-order valence-electron chi connectivity index (χ2n) is 6.37. The first kappa shape index (κ1) is 18.5. The average Bonchev–Trinajstić information content (AvgIpc) is 3.03. The molecule has 0 radical (unpaired) electrons. The molecule has 2 aliphatic rings. The summed E-state index contributed by atoms with van der Waals surface area (Å²) in [5, 5.41) is 3.01. The maximum Gasteiger partial charge on any atom is 0.251 e. The number of morpholine rings is 1. The predicted molar refractivity (Wildman–Crippen MR) is 95.1 cm³/mol. The Morgan fingerprint density at radius 3 is 2.92 bits per heavy atom. The van der Waals surface area contributed by atoms with E-state index in [1.54, 1.807) is 0 Å². The standard InChI is InChI=1S/C17H22BrF2N3O2/c18-13-3-1-2-4-14(13)22-6-5-12(9-22)21-17(24)15-11-25-8-7-23(15)10-16(19)20/h1-4,12,15-16H,5-11H2,(H,21,24)/t12-,15-/m0/s1. The SMILES string of the molecule is O=C(N[C@H]1CCN(c2ccccc2Br)C1)[C@@H]1COCCN1CC(F)F. The molecule has 3 rings (SSSR count). The van der Waals surface area contributed by atoms with Gasteiger partial charge in [-0.1, -0.05) is 12.1 Å². The Kier molecular flexibility index (Phi) is 6.24. The Hall–Kier alpha value is -1.25. The largest absolute Gasteiger partial charge is 0.378 e. The van der Waals surface area contributed by atoms with Crippen molar-refractivity contribution < 1.29 is 18.3 Å². The number of nitrogens with zero attached hydrogens (tertiary/aromatic N) is 2. The molecule has 138 valence electrons. The molecule has 2 aliphatic heterocycles. The molecular formula is C17H22BrF2N3O2. The van der Waals surface area contributed by atoms with Crippen molar-refractivity contribution in [2.24, 2.45) is 0 Å². The lowest BCUT2D eigenvalue weighted by molar-refractivity contribution is -0.134. The van der Waals surface area contributed by atoms with Crippen LogP contribution in [0.4, 0.5) is 14.5 Å². The molecule has 0 spiro atoms. The van der Waals surface area contributed by atoms with Gasteiger partial charge in [-0.25, -0.2) is 8.78 Å². The summed E-state index contributed by atoms with van der Waals surface area (Å²) in [6.45, 7) is 2.06. The van der Waals surface area contributed by atoms with Gasteiger partial charge in [-0.2, -0.15) is 0 Å². The molecule has 8 heteroatoms. The third kappa shape index (κ3) is 4.68. The maximum atomic E-state index is 12.7. The molecule has 0 unspecified atom stereocenters. The first-order chi connectivity index (χ1) is 12.0. The summed E-state index contributed by atoms with van der Waals surface area (Å²) in [4.78, 5) is 16.3. The highest BCUT2D eigenvalue weighted by Gasteiger charge is 2.33. The number of para-hydroxylation sites is 1. The summed E-state index contributed by atoms with van der Waals surface area (Å²) >= 11 is 3.55. The van der Waals surface area contributed by atoms with Gasteiger partial charge in [-0.05, 0) is 34.5 Å². The van der Waals surface area contributed by atoms with Gasteiger partial charge in [0, 0.05) is 30.1 Å². The first-order valence-electron chi connectivity index (χ1n) is 8.44. The number of ether oxygens (including phenoxy) is 1. The van der Waals surface area contributed by atoms with Crippen molar-refractivity contribution in [3.05, 3.63) is 28.7 Å². The minimum atomic E-state index is -2.45. The molecule has 2 atom stereocenters. The second kappa shape index (κ2) is 8.42. The minimum absolute atomic E-state index is 0.00920. The van der Waals surface area contributed by atoms with Crippen LogP contribution in [0.15, 0.2) is 28.7 Å². The van der Waals surface area contributed by atoms with E-state index in [4.69, 9.17) is 4.74 Å². The molecule has 0 aromatic heterocycles. The normalized spacial score (nSPS) is 24.7. The Balaban J connectivity index is 1.57. The molecule has 1 aromatic rings. The van der Waals surface area contributed by atoms with Crippen molar-refractivity contribution in [2.45, 2.75) is 24.9 Å². The zero-order valence-electron chi connectivity index (χ0n) is 13.8. The molecule has 0 bridgehead atoms. The predicted octanol–water partition coefficient (Wildman–Crippen LogP) is 2.11. The van der Waals surface area contributed by atoms with Gasteiger partial charge in [-0.15, -0.1) is 0 Å². The van der Waals surface area contributed by atoms with E-state index < -0.39 is 19.0 Å². The van der Waals surface area contributed by atoms with Gasteiger partial charge < -0.3 is 15.0 Å².